The van der Waals surface area contributed by atoms with E-state index in [2.05, 4.69) is 0 Å². The second-order valence-electron chi connectivity index (χ2n) is 7.20. The van der Waals surface area contributed by atoms with Gasteiger partial charge in [-0.25, -0.2) is 9.59 Å². The fourth-order valence-electron chi connectivity index (χ4n) is 3.85. The Morgan fingerprint density at radius 3 is 1.91 bits per heavy atom. The van der Waals surface area contributed by atoms with Gasteiger partial charge in [0.25, 0.3) is 0 Å². The maximum absolute atomic E-state index is 12.9. The molecule has 32 heavy (non-hydrogen) atoms. The highest BCUT2D eigenvalue weighted by atomic mass is 16.5. The first-order chi connectivity index (χ1) is 15.5. The van der Waals surface area contributed by atoms with Crippen molar-refractivity contribution in [2.75, 3.05) is 28.4 Å². The Balaban J connectivity index is 2.21. The third-order valence-electron chi connectivity index (χ3n) is 5.51. The lowest BCUT2D eigenvalue weighted by Crippen LogP contribution is -2.30. The van der Waals surface area contributed by atoms with Gasteiger partial charge < -0.3 is 23.8 Å². The third-order valence-corrected chi connectivity index (χ3v) is 5.51. The van der Waals surface area contributed by atoms with Crippen molar-refractivity contribution in [2.45, 2.75) is 18.9 Å². The molecule has 0 fully saturated rings. The standard InChI is InChI=1S/C25H27NO6/c1-16(17-10-7-6-8-11-17)26-14-19(24(27)31-4)22(20(15-26)25(28)32-5)18-12-9-13-21(29-2)23(18)30-3/h6-16,22H,1-5H3. The summed E-state index contributed by atoms with van der Waals surface area (Å²) in [6.07, 6.45) is 3.42. The van der Waals surface area contributed by atoms with Gasteiger partial charge in [-0.15, -0.1) is 0 Å². The Hall–Kier alpha value is -3.74. The molecule has 0 radical (unpaired) electrons. The van der Waals surface area contributed by atoms with Crippen LogP contribution in [0.3, 0.4) is 0 Å². The van der Waals surface area contributed by atoms with Crippen molar-refractivity contribution in [1.29, 1.82) is 0 Å². The van der Waals surface area contributed by atoms with E-state index in [4.69, 9.17) is 18.9 Å². The molecule has 0 saturated carbocycles. The molecule has 3 rings (SSSR count). The van der Waals surface area contributed by atoms with E-state index in [0.29, 0.717) is 17.1 Å². The van der Waals surface area contributed by atoms with E-state index in [9.17, 15) is 9.59 Å². The second-order valence-corrected chi connectivity index (χ2v) is 7.20. The topological polar surface area (TPSA) is 74.3 Å². The van der Waals surface area contributed by atoms with Crippen molar-refractivity contribution in [2.24, 2.45) is 0 Å². The molecule has 0 amide bonds. The van der Waals surface area contributed by atoms with Crippen LogP contribution in [0, 0.1) is 0 Å². The average Bonchev–Trinajstić information content (AvgIpc) is 2.86. The van der Waals surface area contributed by atoms with Crippen molar-refractivity contribution in [3.8, 4) is 11.5 Å². The maximum Gasteiger partial charge on any atom is 0.336 e. The number of ether oxygens (including phenoxy) is 4. The summed E-state index contributed by atoms with van der Waals surface area (Å²) < 4.78 is 21.2. The summed E-state index contributed by atoms with van der Waals surface area (Å²) in [6.45, 7) is 1.98. The summed E-state index contributed by atoms with van der Waals surface area (Å²) in [5.41, 5.74) is 2.17. The number of nitrogens with zero attached hydrogens (tertiary/aromatic N) is 1. The van der Waals surface area contributed by atoms with E-state index in [1.165, 1.54) is 28.4 Å². The predicted octanol–water partition coefficient (Wildman–Crippen LogP) is 3.98. The van der Waals surface area contributed by atoms with Gasteiger partial charge in [-0.3, -0.25) is 0 Å². The summed E-state index contributed by atoms with van der Waals surface area (Å²) in [5.74, 6) is -0.967. The van der Waals surface area contributed by atoms with Crippen molar-refractivity contribution in [3.63, 3.8) is 0 Å². The minimum absolute atomic E-state index is 0.149. The average molecular weight is 437 g/mol. The molecule has 1 heterocycles. The first-order valence-electron chi connectivity index (χ1n) is 10.1. The van der Waals surface area contributed by atoms with Crippen LogP contribution < -0.4 is 9.47 Å². The molecule has 0 aromatic heterocycles. The predicted molar refractivity (Wildman–Crippen MR) is 119 cm³/mol. The highest BCUT2D eigenvalue weighted by Crippen LogP contribution is 2.45. The summed E-state index contributed by atoms with van der Waals surface area (Å²) in [7, 11) is 5.66. The van der Waals surface area contributed by atoms with Gasteiger partial charge in [0.2, 0.25) is 0 Å². The monoisotopic (exact) mass is 437 g/mol. The molecule has 0 aliphatic carbocycles. The summed E-state index contributed by atoms with van der Waals surface area (Å²) in [6, 6.07) is 14.9. The molecule has 0 spiro atoms. The fourth-order valence-corrected chi connectivity index (χ4v) is 3.85. The van der Waals surface area contributed by atoms with Crippen molar-refractivity contribution in [3.05, 3.63) is 83.2 Å². The normalized spacial score (nSPS) is 14.7. The number of hydrogen-bond acceptors (Lipinski definition) is 7. The molecular weight excluding hydrogens is 410 g/mol. The lowest BCUT2D eigenvalue weighted by atomic mass is 9.82. The van der Waals surface area contributed by atoms with Gasteiger partial charge in [-0.05, 0) is 18.6 Å². The highest BCUT2D eigenvalue weighted by Gasteiger charge is 2.38. The molecule has 7 nitrogen and oxygen atoms in total. The van der Waals surface area contributed by atoms with Crippen LogP contribution in [-0.4, -0.2) is 45.3 Å². The number of para-hydroxylation sites is 1. The lowest BCUT2D eigenvalue weighted by Gasteiger charge is -2.34. The summed E-state index contributed by atoms with van der Waals surface area (Å²) in [4.78, 5) is 27.6. The second kappa shape index (κ2) is 10.0. The quantitative estimate of drug-likeness (QED) is 0.607. The first-order valence-corrected chi connectivity index (χ1v) is 10.1. The van der Waals surface area contributed by atoms with Gasteiger partial charge >= 0.3 is 11.9 Å². The molecule has 7 heteroatoms. The third kappa shape index (κ3) is 4.32. The van der Waals surface area contributed by atoms with Gasteiger partial charge in [0.05, 0.1) is 51.5 Å². The number of carbonyl (C=O) groups is 2. The Labute approximate surface area is 187 Å². The number of esters is 2. The highest BCUT2D eigenvalue weighted by molar-refractivity contribution is 5.99. The maximum atomic E-state index is 12.9. The number of rotatable bonds is 7. The molecule has 0 bridgehead atoms. The fraction of sp³-hybridized carbons (Fsp3) is 0.280. The van der Waals surface area contributed by atoms with Crippen molar-refractivity contribution in [1.82, 2.24) is 4.90 Å². The Kier molecular flexibility index (Phi) is 7.20. The minimum Gasteiger partial charge on any atom is -0.493 e. The molecule has 1 atom stereocenters. The molecule has 1 aliphatic rings. The number of hydrogen-bond donors (Lipinski definition) is 0. The van der Waals surface area contributed by atoms with Crippen LogP contribution in [0.25, 0.3) is 0 Å². The molecule has 1 unspecified atom stereocenters. The van der Waals surface area contributed by atoms with Crippen LogP contribution in [0.5, 0.6) is 11.5 Å². The van der Waals surface area contributed by atoms with Crippen LogP contribution in [0.2, 0.25) is 0 Å². The van der Waals surface area contributed by atoms with Crippen LogP contribution in [-0.2, 0) is 19.1 Å². The Morgan fingerprint density at radius 1 is 0.812 bits per heavy atom. The molecular formula is C25H27NO6. The zero-order valence-electron chi connectivity index (χ0n) is 18.8. The van der Waals surface area contributed by atoms with Crippen LogP contribution in [0.1, 0.15) is 30.0 Å². The van der Waals surface area contributed by atoms with Crippen LogP contribution in [0.15, 0.2) is 72.1 Å². The minimum atomic E-state index is -0.765. The van der Waals surface area contributed by atoms with Gasteiger partial charge in [0.15, 0.2) is 11.5 Å². The zero-order valence-corrected chi connectivity index (χ0v) is 18.8. The molecule has 0 saturated heterocycles. The Morgan fingerprint density at radius 2 is 1.41 bits per heavy atom. The molecule has 1 aliphatic heterocycles. The van der Waals surface area contributed by atoms with E-state index < -0.39 is 17.9 Å². The van der Waals surface area contributed by atoms with Gasteiger partial charge in [-0.2, -0.15) is 0 Å². The first kappa shape index (κ1) is 22.9. The summed E-state index contributed by atoms with van der Waals surface area (Å²) in [5, 5.41) is 0. The molecule has 2 aromatic carbocycles. The number of benzene rings is 2. The van der Waals surface area contributed by atoms with E-state index in [-0.39, 0.29) is 17.2 Å². The summed E-state index contributed by atoms with van der Waals surface area (Å²) >= 11 is 0. The SMILES string of the molecule is COC(=O)C1=CN(C(C)c2ccccc2)C=C(C(=O)OC)C1c1cccc(OC)c1OC. The van der Waals surface area contributed by atoms with Crippen LogP contribution in [0.4, 0.5) is 0 Å². The van der Waals surface area contributed by atoms with E-state index in [1.54, 1.807) is 30.6 Å². The van der Waals surface area contributed by atoms with E-state index in [0.717, 1.165) is 5.56 Å². The van der Waals surface area contributed by atoms with Gasteiger partial charge in [0.1, 0.15) is 0 Å². The van der Waals surface area contributed by atoms with E-state index in [1.807, 2.05) is 42.2 Å². The molecule has 2 aromatic rings. The zero-order chi connectivity index (χ0) is 23.3. The largest absolute Gasteiger partial charge is 0.493 e. The van der Waals surface area contributed by atoms with Crippen molar-refractivity contribution < 1.29 is 28.5 Å². The van der Waals surface area contributed by atoms with Gasteiger partial charge in [-0.1, -0.05) is 42.5 Å². The number of methoxy groups -OCH3 is 4. The molecule has 168 valence electrons. The number of carbonyl (C=O) groups excluding carboxylic acids is 2. The van der Waals surface area contributed by atoms with Gasteiger partial charge in [0, 0.05) is 18.0 Å². The smallest absolute Gasteiger partial charge is 0.336 e. The molecule has 0 N–H and O–H groups in total. The lowest BCUT2D eigenvalue weighted by molar-refractivity contribution is -0.137. The van der Waals surface area contributed by atoms with Crippen LogP contribution >= 0.6 is 0 Å². The Bertz CT molecular complexity index is 1010. The van der Waals surface area contributed by atoms with E-state index >= 15 is 0 Å². The van der Waals surface area contributed by atoms with Crippen molar-refractivity contribution >= 4 is 11.9 Å².